The number of benzene rings is 4. The third-order valence-electron chi connectivity index (χ3n) is 9.27. The van der Waals surface area contributed by atoms with Crippen molar-refractivity contribution in [3.63, 3.8) is 0 Å². The summed E-state index contributed by atoms with van der Waals surface area (Å²) in [6.45, 7) is 2.59. The molecular formula is C43H32N4O6S2. The molecule has 272 valence electrons. The first kappa shape index (κ1) is 35.5. The first-order valence-corrected chi connectivity index (χ1v) is 19.2. The monoisotopic (exact) mass is 764 g/mol. The van der Waals surface area contributed by atoms with E-state index in [1.165, 1.54) is 36.5 Å². The number of ketones is 2. The van der Waals surface area contributed by atoms with Gasteiger partial charge in [0.15, 0.2) is 0 Å². The molecule has 0 radical (unpaired) electrons. The van der Waals surface area contributed by atoms with Crippen LogP contribution in [0.4, 0.5) is 0 Å². The summed E-state index contributed by atoms with van der Waals surface area (Å²) in [5.41, 5.74) is 7.30. The van der Waals surface area contributed by atoms with E-state index in [0.717, 1.165) is 54.7 Å². The number of aromatic nitrogens is 2. The van der Waals surface area contributed by atoms with E-state index in [1.807, 2.05) is 108 Å². The Morgan fingerprint density at radius 1 is 0.527 bits per heavy atom. The van der Waals surface area contributed by atoms with Gasteiger partial charge in [-0.05, 0) is 103 Å². The number of rotatable bonds is 12. The molecular weight excluding hydrogens is 733 g/mol. The average molecular weight is 765 g/mol. The Kier molecular flexibility index (Phi) is 9.75. The van der Waals surface area contributed by atoms with Gasteiger partial charge < -0.3 is 19.6 Å². The lowest BCUT2D eigenvalue weighted by atomic mass is 9.98. The van der Waals surface area contributed by atoms with Crippen molar-refractivity contribution in [1.29, 1.82) is 0 Å². The number of fused-ring (bicyclic) bond motifs is 6. The van der Waals surface area contributed by atoms with Gasteiger partial charge in [0.2, 0.25) is 11.6 Å². The minimum Gasteiger partial charge on any atom is -0.355 e. The van der Waals surface area contributed by atoms with Gasteiger partial charge in [0.05, 0.1) is 21.2 Å². The molecule has 0 saturated heterocycles. The highest BCUT2D eigenvalue weighted by Gasteiger charge is 2.17. The van der Waals surface area contributed by atoms with Crippen LogP contribution in [0.25, 0.3) is 43.6 Å². The van der Waals surface area contributed by atoms with Gasteiger partial charge in [-0.1, -0.05) is 34.6 Å². The molecule has 0 unspecified atom stereocenters. The standard InChI is InChI=1S/C43H32N4O6S2/c1-24(48)52-46-34(26-10-14-36-30(20-26)32-22-28(12-16-38(32)44-36)42(50)40-8-4-18-54-40)6-3-7-35(47-53-25(2)49)27-11-15-37-31(21-27)33-23-29(13-17-39(33)45-37)43(51)41-9-5-19-55-41/h4-5,8-23,44-45H,3,6-7H2,1-2H3/b46-34-,47-35-. The molecule has 4 aromatic carbocycles. The maximum absolute atomic E-state index is 13.2. The van der Waals surface area contributed by atoms with Gasteiger partial charge in [-0.25, -0.2) is 9.59 Å². The molecule has 0 aliphatic rings. The topological polar surface area (TPSA) is 143 Å². The Morgan fingerprint density at radius 3 is 1.24 bits per heavy atom. The molecule has 2 N–H and O–H groups in total. The zero-order valence-corrected chi connectivity index (χ0v) is 31.3. The van der Waals surface area contributed by atoms with Crippen LogP contribution in [0, 0.1) is 0 Å². The quantitative estimate of drug-likeness (QED) is 0.0549. The summed E-state index contributed by atoms with van der Waals surface area (Å²) < 4.78 is 0. The van der Waals surface area contributed by atoms with Crippen molar-refractivity contribution < 1.29 is 28.9 Å². The number of carbonyl (C=O) groups is 4. The van der Waals surface area contributed by atoms with Crippen molar-refractivity contribution in [2.24, 2.45) is 10.3 Å². The number of thiophene rings is 2. The minimum atomic E-state index is -0.549. The summed E-state index contributed by atoms with van der Waals surface area (Å²) in [5.74, 6) is -1.18. The van der Waals surface area contributed by atoms with Crippen LogP contribution in [0.1, 0.15) is 74.7 Å². The van der Waals surface area contributed by atoms with E-state index < -0.39 is 11.9 Å². The van der Waals surface area contributed by atoms with Crippen LogP contribution in [-0.4, -0.2) is 44.9 Å². The van der Waals surface area contributed by atoms with Gasteiger partial charge in [0.1, 0.15) is 0 Å². The zero-order valence-electron chi connectivity index (χ0n) is 29.7. The second kappa shape index (κ2) is 15.1. The molecule has 0 atom stereocenters. The summed E-state index contributed by atoms with van der Waals surface area (Å²) in [7, 11) is 0. The number of hydrogen-bond donors (Lipinski definition) is 2. The van der Waals surface area contributed by atoms with Crippen LogP contribution in [-0.2, 0) is 19.3 Å². The Morgan fingerprint density at radius 2 is 0.891 bits per heavy atom. The fourth-order valence-corrected chi connectivity index (χ4v) is 8.05. The summed E-state index contributed by atoms with van der Waals surface area (Å²) >= 11 is 2.81. The van der Waals surface area contributed by atoms with Gasteiger partial charge in [-0.2, -0.15) is 0 Å². The van der Waals surface area contributed by atoms with Gasteiger partial charge in [0, 0.05) is 79.7 Å². The first-order valence-electron chi connectivity index (χ1n) is 17.5. The highest BCUT2D eigenvalue weighted by atomic mass is 32.1. The van der Waals surface area contributed by atoms with Crippen molar-refractivity contribution in [3.05, 3.63) is 140 Å². The largest absolute Gasteiger partial charge is 0.355 e. The highest BCUT2D eigenvalue weighted by Crippen LogP contribution is 2.31. The molecule has 0 amide bonds. The van der Waals surface area contributed by atoms with Crippen LogP contribution in [0.3, 0.4) is 0 Å². The normalized spacial score (nSPS) is 12.2. The first-order chi connectivity index (χ1) is 26.7. The lowest BCUT2D eigenvalue weighted by molar-refractivity contribution is -0.141. The third-order valence-corrected chi connectivity index (χ3v) is 11.0. The zero-order chi connectivity index (χ0) is 38.1. The molecule has 0 fully saturated rings. The number of nitrogens with zero attached hydrogens (tertiary/aromatic N) is 2. The molecule has 0 aliphatic heterocycles. The van der Waals surface area contributed by atoms with Crippen molar-refractivity contribution >= 4 is 101 Å². The maximum Gasteiger partial charge on any atom is 0.331 e. The van der Waals surface area contributed by atoms with E-state index in [0.29, 0.717) is 51.6 Å². The molecule has 0 saturated carbocycles. The second-order valence-electron chi connectivity index (χ2n) is 13.0. The Balaban J connectivity index is 1.08. The van der Waals surface area contributed by atoms with Crippen LogP contribution in [0.2, 0.25) is 0 Å². The number of oxime groups is 2. The summed E-state index contributed by atoms with van der Waals surface area (Å²) in [4.78, 5) is 68.6. The number of carbonyl (C=O) groups excluding carboxylic acids is 4. The molecule has 0 aliphatic carbocycles. The van der Waals surface area contributed by atoms with Crippen molar-refractivity contribution in [2.75, 3.05) is 0 Å². The van der Waals surface area contributed by atoms with Crippen LogP contribution < -0.4 is 0 Å². The van der Waals surface area contributed by atoms with E-state index in [2.05, 4.69) is 20.3 Å². The van der Waals surface area contributed by atoms with Crippen LogP contribution in [0.5, 0.6) is 0 Å². The molecule has 4 aromatic heterocycles. The predicted octanol–water partition coefficient (Wildman–Crippen LogP) is 9.95. The van der Waals surface area contributed by atoms with Crippen molar-refractivity contribution in [3.8, 4) is 0 Å². The lowest BCUT2D eigenvalue weighted by Gasteiger charge is -2.09. The predicted molar refractivity (Wildman–Crippen MR) is 218 cm³/mol. The molecule has 55 heavy (non-hydrogen) atoms. The Hall–Kier alpha value is -6.50. The molecule has 0 bridgehead atoms. The summed E-state index contributed by atoms with van der Waals surface area (Å²) in [5, 5.41) is 15.8. The Bertz CT molecular complexity index is 2650. The average Bonchev–Trinajstić information content (AvgIpc) is 4.02. The van der Waals surface area contributed by atoms with E-state index in [9.17, 15) is 19.2 Å². The minimum absolute atomic E-state index is 0.0384. The van der Waals surface area contributed by atoms with E-state index in [1.54, 1.807) is 0 Å². The summed E-state index contributed by atoms with van der Waals surface area (Å²) in [6.07, 6.45) is 1.30. The van der Waals surface area contributed by atoms with Crippen LogP contribution in [0.15, 0.2) is 118 Å². The number of hydrogen-bond acceptors (Lipinski definition) is 10. The highest BCUT2D eigenvalue weighted by molar-refractivity contribution is 7.12. The van der Waals surface area contributed by atoms with Gasteiger partial charge >= 0.3 is 11.9 Å². The van der Waals surface area contributed by atoms with Gasteiger partial charge in [-0.3, -0.25) is 9.59 Å². The summed E-state index contributed by atoms with van der Waals surface area (Å²) in [6, 6.07) is 30.3. The second-order valence-corrected chi connectivity index (χ2v) is 14.9. The van der Waals surface area contributed by atoms with E-state index >= 15 is 0 Å². The fourth-order valence-electron chi connectivity index (χ4n) is 6.68. The smallest absolute Gasteiger partial charge is 0.331 e. The third kappa shape index (κ3) is 7.37. The molecule has 8 aromatic rings. The molecule has 10 nitrogen and oxygen atoms in total. The lowest BCUT2D eigenvalue weighted by Crippen LogP contribution is -2.08. The fraction of sp³-hybridized carbons (Fsp3) is 0.116. The SMILES string of the molecule is CC(=O)O/N=C(/CCC/C(=N/OC(C)=O)c1ccc2[nH]c3ccc(C(=O)c4cccs4)cc3c2c1)c1ccc2[nH]c3ccc(C(=O)c4cccs4)cc3c2c1. The van der Waals surface area contributed by atoms with Crippen LogP contribution >= 0.6 is 22.7 Å². The van der Waals surface area contributed by atoms with Gasteiger partial charge in [0.25, 0.3) is 0 Å². The maximum atomic E-state index is 13.2. The van der Waals surface area contributed by atoms with Crippen molar-refractivity contribution in [1.82, 2.24) is 9.97 Å². The van der Waals surface area contributed by atoms with Gasteiger partial charge in [-0.15, -0.1) is 22.7 Å². The van der Waals surface area contributed by atoms with E-state index in [-0.39, 0.29) is 11.6 Å². The van der Waals surface area contributed by atoms with E-state index in [4.69, 9.17) is 9.68 Å². The number of nitrogens with one attached hydrogen (secondary N) is 2. The molecule has 4 heterocycles. The van der Waals surface area contributed by atoms with Crippen molar-refractivity contribution in [2.45, 2.75) is 33.1 Å². The number of H-pyrrole nitrogens is 2. The molecule has 8 rings (SSSR count). The molecule has 0 spiro atoms. The molecule has 12 heteroatoms. The number of aromatic amines is 2. The Labute approximate surface area is 322 Å².